The SMILES string of the molecule is CCN(CC)c1ccc2c(c1)OS(=O)(=O)N1CC=C(C(=O)OCc3ccccc3)C21. The van der Waals surface area contributed by atoms with E-state index < -0.39 is 22.3 Å². The number of fused-ring (bicyclic) bond motifs is 3. The molecule has 0 bridgehead atoms. The van der Waals surface area contributed by atoms with E-state index in [4.69, 9.17) is 8.92 Å². The van der Waals surface area contributed by atoms with E-state index in [-0.39, 0.29) is 18.9 Å². The maximum atomic E-state index is 12.8. The predicted octanol–water partition coefficient (Wildman–Crippen LogP) is 3.20. The summed E-state index contributed by atoms with van der Waals surface area (Å²) in [5, 5.41) is 0. The molecule has 1 unspecified atom stereocenters. The van der Waals surface area contributed by atoms with Crippen molar-refractivity contribution in [3.05, 3.63) is 71.3 Å². The predicted molar refractivity (Wildman–Crippen MR) is 113 cm³/mol. The molecule has 0 saturated heterocycles. The molecule has 7 nitrogen and oxygen atoms in total. The van der Waals surface area contributed by atoms with Crippen LogP contribution in [-0.2, 0) is 26.4 Å². The lowest BCUT2D eigenvalue weighted by Crippen LogP contribution is -2.40. The zero-order valence-corrected chi connectivity index (χ0v) is 17.8. The number of esters is 1. The Labute approximate surface area is 176 Å². The van der Waals surface area contributed by atoms with Gasteiger partial charge in [0.15, 0.2) is 5.75 Å². The van der Waals surface area contributed by atoms with Gasteiger partial charge in [0.25, 0.3) is 0 Å². The maximum Gasteiger partial charge on any atom is 0.386 e. The van der Waals surface area contributed by atoms with Gasteiger partial charge in [-0.05, 0) is 25.5 Å². The van der Waals surface area contributed by atoms with E-state index in [2.05, 4.69) is 4.90 Å². The molecule has 2 aliphatic heterocycles. The van der Waals surface area contributed by atoms with Gasteiger partial charge < -0.3 is 13.8 Å². The maximum absolute atomic E-state index is 12.8. The summed E-state index contributed by atoms with van der Waals surface area (Å²) in [4.78, 5) is 14.9. The molecule has 4 rings (SSSR count). The Hall–Kier alpha value is -2.84. The van der Waals surface area contributed by atoms with Crippen LogP contribution in [0, 0.1) is 0 Å². The highest BCUT2D eigenvalue weighted by molar-refractivity contribution is 7.84. The van der Waals surface area contributed by atoms with Crippen molar-refractivity contribution in [2.45, 2.75) is 26.5 Å². The van der Waals surface area contributed by atoms with Gasteiger partial charge in [-0.1, -0.05) is 42.5 Å². The molecule has 2 aliphatic rings. The number of rotatable bonds is 6. The van der Waals surface area contributed by atoms with E-state index in [0.29, 0.717) is 11.1 Å². The van der Waals surface area contributed by atoms with Crippen LogP contribution in [0.5, 0.6) is 5.75 Å². The molecule has 0 aromatic heterocycles. The number of carbonyl (C=O) groups is 1. The molecular formula is C22H24N2O5S. The van der Waals surface area contributed by atoms with Crippen LogP contribution in [0.1, 0.15) is 31.0 Å². The molecule has 30 heavy (non-hydrogen) atoms. The molecule has 0 spiro atoms. The van der Waals surface area contributed by atoms with Crippen molar-refractivity contribution in [2.24, 2.45) is 0 Å². The number of benzene rings is 2. The van der Waals surface area contributed by atoms with Gasteiger partial charge in [-0.3, -0.25) is 0 Å². The molecule has 8 heteroatoms. The second-order valence-corrected chi connectivity index (χ2v) is 8.62. The first kappa shape index (κ1) is 20.4. The molecular weight excluding hydrogens is 404 g/mol. The number of nitrogens with zero attached hydrogens (tertiary/aromatic N) is 2. The summed E-state index contributed by atoms with van der Waals surface area (Å²) in [7, 11) is -4.01. The Kier molecular flexibility index (Phi) is 5.53. The summed E-state index contributed by atoms with van der Waals surface area (Å²) in [6, 6.07) is 14.1. The average molecular weight is 429 g/mol. The lowest BCUT2D eigenvalue weighted by atomic mass is 9.99. The number of anilines is 1. The van der Waals surface area contributed by atoms with Crippen LogP contribution in [0.15, 0.2) is 60.2 Å². The number of hydrogen-bond donors (Lipinski definition) is 0. The summed E-state index contributed by atoms with van der Waals surface area (Å²) < 4.78 is 37.4. The highest BCUT2D eigenvalue weighted by Gasteiger charge is 2.46. The first-order valence-corrected chi connectivity index (χ1v) is 11.3. The van der Waals surface area contributed by atoms with E-state index in [1.165, 1.54) is 4.31 Å². The zero-order chi connectivity index (χ0) is 21.3. The largest absolute Gasteiger partial charge is 0.457 e. The van der Waals surface area contributed by atoms with Crippen LogP contribution < -0.4 is 9.08 Å². The Morgan fingerprint density at radius 1 is 1.17 bits per heavy atom. The summed E-state index contributed by atoms with van der Waals surface area (Å²) in [5.74, 6) is -0.272. The summed E-state index contributed by atoms with van der Waals surface area (Å²) in [6.07, 6.45) is 1.60. The quantitative estimate of drug-likeness (QED) is 0.658. The molecule has 2 heterocycles. The molecule has 0 N–H and O–H groups in total. The van der Waals surface area contributed by atoms with Crippen LogP contribution in [0.4, 0.5) is 5.69 Å². The minimum absolute atomic E-state index is 0.0695. The number of carbonyl (C=O) groups excluding carboxylic acids is 1. The lowest BCUT2D eigenvalue weighted by Gasteiger charge is -2.33. The molecule has 0 radical (unpaired) electrons. The first-order valence-electron chi connectivity index (χ1n) is 9.95. The van der Waals surface area contributed by atoms with Gasteiger partial charge in [-0.25, -0.2) is 4.79 Å². The minimum Gasteiger partial charge on any atom is -0.457 e. The molecule has 0 aliphatic carbocycles. The van der Waals surface area contributed by atoms with Crippen LogP contribution in [-0.4, -0.2) is 38.3 Å². The third kappa shape index (κ3) is 3.68. The Morgan fingerprint density at radius 2 is 1.90 bits per heavy atom. The third-order valence-electron chi connectivity index (χ3n) is 5.42. The van der Waals surface area contributed by atoms with Gasteiger partial charge in [0.1, 0.15) is 6.61 Å². The zero-order valence-electron chi connectivity index (χ0n) is 16.9. The molecule has 2 aromatic carbocycles. The summed E-state index contributed by atoms with van der Waals surface area (Å²) in [5.41, 5.74) is 2.69. The Morgan fingerprint density at radius 3 is 2.60 bits per heavy atom. The minimum atomic E-state index is -4.01. The van der Waals surface area contributed by atoms with Crippen molar-refractivity contribution < 1.29 is 22.1 Å². The highest BCUT2D eigenvalue weighted by atomic mass is 32.2. The lowest BCUT2D eigenvalue weighted by molar-refractivity contribution is -0.140. The second-order valence-electron chi connectivity index (χ2n) is 7.13. The fourth-order valence-electron chi connectivity index (χ4n) is 3.87. The summed E-state index contributed by atoms with van der Waals surface area (Å²) in [6.45, 7) is 5.83. The van der Waals surface area contributed by atoms with Crippen molar-refractivity contribution in [3.8, 4) is 5.75 Å². The van der Waals surface area contributed by atoms with Gasteiger partial charge in [-0.15, -0.1) is 0 Å². The molecule has 158 valence electrons. The van der Waals surface area contributed by atoms with Gasteiger partial charge in [-0.2, -0.15) is 12.7 Å². The van der Waals surface area contributed by atoms with Gasteiger partial charge in [0, 0.05) is 37.0 Å². The Bertz CT molecular complexity index is 1080. The fourth-order valence-corrected chi connectivity index (χ4v) is 5.08. The fraction of sp³-hybridized carbons (Fsp3) is 0.318. The van der Waals surface area contributed by atoms with Crippen LogP contribution in [0.2, 0.25) is 0 Å². The monoisotopic (exact) mass is 428 g/mol. The molecule has 1 atom stereocenters. The molecule has 0 fully saturated rings. The smallest absolute Gasteiger partial charge is 0.386 e. The standard InChI is InChI=1S/C22H24N2O5S/c1-3-23(4-2)17-10-11-18-20(14-17)29-30(26,27)24-13-12-19(21(18)24)22(25)28-15-16-8-6-5-7-9-16/h5-12,14,21H,3-4,13,15H2,1-2H3. The number of ether oxygens (including phenoxy) is 1. The molecule has 0 saturated carbocycles. The van der Waals surface area contributed by atoms with Gasteiger partial charge in [0.2, 0.25) is 0 Å². The van der Waals surface area contributed by atoms with E-state index >= 15 is 0 Å². The van der Waals surface area contributed by atoms with Crippen molar-refractivity contribution in [1.82, 2.24) is 4.31 Å². The highest BCUT2D eigenvalue weighted by Crippen LogP contribution is 2.46. The molecule has 2 aromatic rings. The average Bonchev–Trinajstić information content (AvgIpc) is 3.20. The van der Waals surface area contributed by atoms with E-state index in [9.17, 15) is 13.2 Å². The summed E-state index contributed by atoms with van der Waals surface area (Å²) >= 11 is 0. The van der Waals surface area contributed by atoms with Crippen LogP contribution in [0.3, 0.4) is 0 Å². The van der Waals surface area contributed by atoms with Crippen molar-refractivity contribution >= 4 is 22.0 Å². The van der Waals surface area contributed by atoms with Crippen LogP contribution in [0.25, 0.3) is 0 Å². The second kappa shape index (κ2) is 8.12. The van der Waals surface area contributed by atoms with Crippen molar-refractivity contribution in [3.63, 3.8) is 0 Å². The van der Waals surface area contributed by atoms with Crippen molar-refractivity contribution in [2.75, 3.05) is 24.5 Å². The van der Waals surface area contributed by atoms with Crippen molar-refractivity contribution in [1.29, 1.82) is 0 Å². The number of hydrogen-bond acceptors (Lipinski definition) is 6. The van der Waals surface area contributed by atoms with E-state index in [1.54, 1.807) is 12.1 Å². The van der Waals surface area contributed by atoms with Crippen LogP contribution >= 0.6 is 0 Å². The van der Waals surface area contributed by atoms with Gasteiger partial charge >= 0.3 is 16.3 Å². The normalized spacial score (nSPS) is 19.3. The van der Waals surface area contributed by atoms with Gasteiger partial charge in [0.05, 0.1) is 11.6 Å². The van der Waals surface area contributed by atoms with E-state index in [1.807, 2.05) is 56.3 Å². The Balaban J connectivity index is 1.63. The van der Waals surface area contributed by atoms with E-state index in [0.717, 1.165) is 24.3 Å². The first-order chi connectivity index (χ1) is 14.4. The topological polar surface area (TPSA) is 76.2 Å². The molecule has 0 amide bonds. The third-order valence-corrected chi connectivity index (χ3v) is 6.75.